The summed E-state index contributed by atoms with van der Waals surface area (Å²) in [6, 6.07) is -0.497. The largest absolute Gasteiger partial charge is 0.353 e. The van der Waals surface area contributed by atoms with Gasteiger partial charge in [-0.2, -0.15) is 0 Å². The minimum absolute atomic E-state index is 0. The molecule has 0 saturated heterocycles. The van der Waals surface area contributed by atoms with Gasteiger partial charge in [0.05, 0.1) is 0 Å². The van der Waals surface area contributed by atoms with Gasteiger partial charge in [-0.25, -0.2) is 0 Å². The van der Waals surface area contributed by atoms with Crippen LogP contribution in [-0.4, -0.2) is 37.5 Å². The van der Waals surface area contributed by atoms with Gasteiger partial charge in [-0.3, -0.25) is 9.59 Å². The fourth-order valence-corrected chi connectivity index (χ4v) is 1.08. The second-order valence-corrected chi connectivity index (χ2v) is 5.09. The van der Waals surface area contributed by atoms with E-state index in [-0.39, 0.29) is 24.2 Å². The summed E-state index contributed by atoms with van der Waals surface area (Å²) >= 11 is 0. The molecule has 0 aromatic heterocycles. The van der Waals surface area contributed by atoms with E-state index >= 15 is 0 Å². The first-order chi connectivity index (χ1) is 7.79. The standard InChI is InChI=1S/C12H25N3O2.ClH/c1-6-13-7-8-14-10(16)9(2)15-11(17)12(3,4)5;/h9,13H,6-8H2,1-5H3,(H,14,16)(H,15,17);1H. The highest BCUT2D eigenvalue weighted by atomic mass is 35.5. The van der Waals surface area contributed by atoms with E-state index in [1.54, 1.807) is 6.92 Å². The van der Waals surface area contributed by atoms with Crippen molar-refractivity contribution in [3.05, 3.63) is 0 Å². The van der Waals surface area contributed by atoms with Gasteiger partial charge in [-0.1, -0.05) is 27.7 Å². The Balaban J connectivity index is 0. The van der Waals surface area contributed by atoms with Crippen molar-refractivity contribution >= 4 is 24.2 Å². The number of nitrogens with one attached hydrogen (secondary N) is 3. The van der Waals surface area contributed by atoms with Gasteiger partial charge in [0.25, 0.3) is 0 Å². The second kappa shape index (κ2) is 9.16. The van der Waals surface area contributed by atoms with E-state index in [1.807, 2.05) is 27.7 Å². The summed E-state index contributed by atoms with van der Waals surface area (Å²) in [4.78, 5) is 23.3. The predicted molar refractivity (Wildman–Crippen MR) is 75.9 cm³/mol. The highest BCUT2D eigenvalue weighted by molar-refractivity contribution is 5.89. The number of likely N-dealkylation sites (N-methyl/N-ethyl adjacent to an activating group) is 1. The zero-order valence-corrected chi connectivity index (χ0v) is 12.7. The Labute approximate surface area is 116 Å². The maximum absolute atomic E-state index is 11.7. The number of carbonyl (C=O) groups is 2. The van der Waals surface area contributed by atoms with Crippen molar-refractivity contribution in [2.45, 2.75) is 40.7 Å². The molecule has 0 aliphatic heterocycles. The summed E-state index contributed by atoms with van der Waals surface area (Å²) < 4.78 is 0. The molecule has 0 rings (SSSR count). The van der Waals surface area contributed by atoms with Crippen LogP contribution >= 0.6 is 12.4 Å². The number of carbonyl (C=O) groups excluding carboxylic acids is 2. The molecule has 1 unspecified atom stereocenters. The van der Waals surface area contributed by atoms with E-state index in [0.717, 1.165) is 13.1 Å². The van der Waals surface area contributed by atoms with Gasteiger partial charge in [-0.05, 0) is 13.5 Å². The second-order valence-electron chi connectivity index (χ2n) is 5.09. The number of rotatable bonds is 6. The Hall–Kier alpha value is -0.810. The predicted octanol–water partition coefficient (Wildman–Crippen LogP) is 0.685. The average Bonchev–Trinajstić information content (AvgIpc) is 2.22. The van der Waals surface area contributed by atoms with Gasteiger partial charge >= 0.3 is 0 Å². The summed E-state index contributed by atoms with van der Waals surface area (Å²) in [6.07, 6.45) is 0. The van der Waals surface area contributed by atoms with Crippen molar-refractivity contribution in [3.8, 4) is 0 Å². The minimum Gasteiger partial charge on any atom is -0.353 e. The molecule has 6 heteroatoms. The molecule has 0 heterocycles. The number of amides is 2. The van der Waals surface area contributed by atoms with Gasteiger partial charge in [0.1, 0.15) is 6.04 Å². The van der Waals surface area contributed by atoms with Crippen LogP contribution in [0.1, 0.15) is 34.6 Å². The van der Waals surface area contributed by atoms with Crippen molar-refractivity contribution in [1.82, 2.24) is 16.0 Å². The van der Waals surface area contributed by atoms with Crippen LogP contribution in [0.3, 0.4) is 0 Å². The van der Waals surface area contributed by atoms with Crippen molar-refractivity contribution in [1.29, 1.82) is 0 Å². The van der Waals surface area contributed by atoms with Gasteiger partial charge in [-0.15, -0.1) is 12.4 Å². The van der Waals surface area contributed by atoms with Crippen LogP contribution in [-0.2, 0) is 9.59 Å². The molecule has 18 heavy (non-hydrogen) atoms. The highest BCUT2D eigenvalue weighted by Gasteiger charge is 2.24. The number of hydrogen-bond acceptors (Lipinski definition) is 3. The number of halogens is 1. The molecule has 0 aliphatic carbocycles. The molecule has 0 spiro atoms. The lowest BCUT2D eigenvalue weighted by molar-refractivity contribution is -0.133. The molecule has 3 N–H and O–H groups in total. The SMILES string of the molecule is CCNCCNC(=O)C(C)NC(=O)C(C)(C)C.Cl. The lowest BCUT2D eigenvalue weighted by Crippen LogP contribution is -2.49. The first-order valence-corrected chi connectivity index (χ1v) is 6.08. The smallest absolute Gasteiger partial charge is 0.242 e. The molecule has 5 nitrogen and oxygen atoms in total. The molecule has 0 aromatic rings. The van der Waals surface area contributed by atoms with Gasteiger partial charge in [0, 0.05) is 18.5 Å². The maximum atomic E-state index is 11.7. The van der Waals surface area contributed by atoms with Crippen LogP contribution in [0, 0.1) is 5.41 Å². The van der Waals surface area contributed by atoms with E-state index in [2.05, 4.69) is 16.0 Å². The molecule has 0 fully saturated rings. The van der Waals surface area contributed by atoms with Gasteiger partial charge < -0.3 is 16.0 Å². The summed E-state index contributed by atoms with van der Waals surface area (Å²) in [5.74, 6) is -0.271. The summed E-state index contributed by atoms with van der Waals surface area (Å²) in [5, 5.41) is 8.55. The summed E-state index contributed by atoms with van der Waals surface area (Å²) in [6.45, 7) is 11.3. The van der Waals surface area contributed by atoms with Crippen molar-refractivity contribution in [2.75, 3.05) is 19.6 Å². The monoisotopic (exact) mass is 279 g/mol. The zero-order valence-electron chi connectivity index (χ0n) is 11.9. The van der Waals surface area contributed by atoms with Crippen molar-refractivity contribution < 1.29 is 9.59 Å². The van der Waals surface area contributed by atoms with Crippen molar-refractivity contribution in [2.24, 2.45) is 5.41 Å². The van der Waals surface area contributed by atoms with E-state index in [9.17, 15) is 9.59 Å². The normalized spacial score (nSPS) is 12.3. The van der Waals surface area contributed by atoms with Crippen LogP contribution in [0.25, 0.3) is 0 Å². The van der Waals surface area contributed by atoms with Gasteiger partial charge in [0.2, 0.25) is 11.8 Å². The van der Waals surface area contributed by atoms with E-state index in [0.29, 0.717) is 6.54 Å². The molecular formula is C12H26ClN3O2. The van der Waals surface area contributed by atoms with E-state index in [1.165, 1.54) is 0 Å². The van der Waals surface area contributed by atoms with Crippen molar-refractivity contribution in [3.63, 3.8) is 0 Å². The molecule has 0 bridgehead atoms. The molecular weight excluding hydrogens is 254 g/mol. The first kappa shape index (κ1) is 19.5. The van der Waals surface area contributed by atoms with Gasteiger partial charge in [0.15, 0.2) is 0 Å². The highest BCUT2D eigenvalue weighted by Crippen LogP contribution is 2.12. The number of hydrogen-bond donors (Lipinski definition) is 3. The Morgan fingerprint density at radius 3 is 2.17 bits per heavy atom. The third-order valence-corrected chi connectivity index (χ3v) is 2.27. The Morgan fingerprint density at radius 2 is 1.72 bits per heavy atom. The quantitative estimate of drug-likeness (QED) is 0.627. The first-order valence-electron chi connectivity index (χ1n) is 6.08. The molecule has 0 aromatic carbocycles. The zero-order chi connectivity index (χ0) is 13.5. The third kappa shape index (κ3) is 8.31. The molecule has 1 atom stereocenters. The lowest BCUT2D eigenvalue weighted by atomic mass is 9.95. The summed E-state index contributed by atoms with van der Waals surface area (Å²) in [7, 11) is 0. The Kier molecular flexibility index (Phi) is 9.94. The third-order valence-electron chi connectivity index (χ3n) is 2.27. The Bertz CT molecular complexity index is 265. The van der Waals surface area contributed by atoms with Crippen LogP contribution in [0.15, 0.2) is 0 Å². The van der Waals surface area contributed by atoms with Crippen LogP contribution in [0.4, 0.5) is 0 Å². The fourth-order valence-electron chi connectivity index (χ4n) is 1.08. The molecule has 0 aliphatic rings. The molecule has 0 saturated carbocycles. The molecule has 108 valence electrons. The molecule has 2 amide bonds. The van der Waals surface area contributed by atoms with E-state index < -0.39 is 11.5 Å². The Morgan fingerprint density at radius 1 is 1.17 bits per heavy atom. The van der Waals surface area contributed by atoms with Crippen LogP contribution in [0.2, 0.25) is 0 Å². The van der Waals surface area contributed by atoms with E-state index in [4.69, 9.17) is 0 Å². The van der Waals surface area contributed by atoms with Crippen LogP contribution < -0.4 is 16.0 Å². The minimum atomic E-state index is -0.497. The van der Waals surface area contributed by atoms with Crippen LogP contribution in [0.5, 0.6) is 0 Å². The average molecular weight is 280 g/mol. The topological polar surface area (TPSA) is 70.2 Å². The fraction of sp³-hybridized carbons (Fsp3) is 0.833. The lowest BCUT2D eigenvalue weighted by Gasteiger charge is -2.21. The molecule has 0 radical (unpaired) electrons. The maximum Gasteiger partial charge on any atom is 0.242 e. The summed E-state index contributed by atoms with van der Waals surface area (Å²) in [5.41, 5.74) is -0.474.